The molecule has 0 aromatic carbocycles. The molecule has 1 aliphatic heterocycles. The number of nitriles is 1. The number of hydrogen-bond acceptors (Lipinski definition) is 6. The summed E-state index contributed by atoms with van der Waals surface area (Å²) in [4.78, 5) is 18.1. The number of hydrogen-bond donors (Lipinski definition) is 1. The zero-order chi connectivity index (χ0) is 13.7. The van der Waals surface area contributed by atoms with E-state index in [0.717, 1.165) is 6.54 Å². The minimum absolute atomic E-state index is 0.265. The Morgan fingerprint density at radius 1 is 1.74 bits per heavy atom. The van der Waals surface area contributed by atoms with Gasteiger partial charge in [0.1, 0.15) is 11.9 Å². The number of esters is 1. The molecule has 1 atom stereocenters. The molecule has 0 radical (unpaired) electrons. The minimum atomic E-state index is -0.393. The van der Waals surface area contributed by atoms with Crippen LogP contribution in [0, 0.1) is 11.3 Å². The van der Waals surface area contributed by atoms with Crippen molar-refractivity contribution < 1.29 is 9.53 Å². The average Bonchev–Trinajstić information content (AvgIpc) is 2.47. The van der Waals surface area contributed by atoms with Crippen LogP contribution in [0.3, 0.4) is 0 Å². The van der Waals surface area contributed by atoms with Crippen LogP contribution >= 0.6 is 0 Å². The third kappa shape index (κ3) is 3.01. The first kappa shape index (κ1) is 13.3. The maximum Gasteiger partial charge on any atom is 0.330 e. The van der Waals surface area contributed by atoms with Gasteiger partial charge < -0.3 is 15.0 Å². The molecule has 19 heavy (non-hydrogen) atoms. The summed E-state index contributed by atoms with van der Waals surface area (Å²) in [7, 11) is 0. The number of rotatable bonds is 3. The molecule has 0 bridgehead atoms. The van der Waals surface area contributed by atoms with Gasteiger partial charge in [-0.05, 0) is 19.1 Å². The highest BCUT2D eigenvalue weighted by molar-refractivity contribution is 5.80. The molecule has 6 nitrogen and oxygen atoms in total. The third-order valence-electron chi connectivity index (χ3n) is 2.97. The van der Waals surface area contributed by atoms with Gasteiger partial charge in [0.15, 0.2) is 0 Å². The van der Waals surface area contributed by atoms with E-state index in [2.05, 4.69) is 16.4 Å². The van der Waals surface area contributed by atoms with Crippen molar-refractivity contribution >= 4 is 11.8 Å². The van der Waals surface area contributed by atoms with E-state index in [-0.39, 0.29) is 5.97 Å². The Morgan fingerprint density at radius 3 is 3.32 bits per heavy atom. The Kier molecular flexibility index (Phi) is 4.31. The van der Waals surface area contributed by atoms with Crippen molar-refractivity contribution in [2.24, 2.45) is 0 Å². The zero-order valence-corrected chi connectivity index (χ0v) is 10.8. The van der Waals surface area contributed by atoms with E-state index in [1.54, 1.807) is 25.3 Å². The quantitative estimate of drug-likeness (QED) is 0.787. The van der Waals surface area contributed by atoms with Crippen molar-refractivity contribution in [1.82, 2.24) is 10.3 Å². The van der Waals surface area contributed by atoms with Crippen LogP contribution in [0.1, 0.15) is 12.5 Å². The van der Waals surface area contributed by atoms with Crippen molar-refractivity contribution in [3.05, 3.63) is 23.9 Å². The largest absolute Gasteiger partial charge is 0.464 e. The number of pyridine rings is 1. The Morgan fingerprint density at radius 2 is 2.58 bits per heavy atom. The molecule has 1 fully saturated rings. The SMILES string of the molecule is CCOC(=O)C1CNCCN1c1cc(C#N)ccn1. The first-order valence-electron chi connectivity index (χ1n) is 6.26. The molecule has 1 aromatic rings. The lowest BCUT2D eigenvalue weighted by molar-refractivity contribution is -0.144. The van der Waals surface area contributed by atoms with Crippen LogP contribution in [0.15, 0.2) is 18.3 Å². The van der Waals surface area contributed by atoms with Gasteiger partial charge in [-0.15, -0.1) is 0 Å². The van der Waals surface area contributed by atoms with Crippen LogP contribution in [0.2, 0.25) is 0 Å². The number of carbonyl (C=O) groups is 1. The standard InChI is InChI=1S/C13H16N4O2/c1-2-19-13(18)11-9-15-5-6-17(11)12-7-10(8-14)3-4-16-12/h3-4,7,11,15H,2,5-6,9H2,1H3. The Balaban J connectivity index is 2.23. The second kappa shape index (κ2) is 6.16. The van der Waals surface area contributed by atoms with Gasteiger partial charge in [-0.3, -0.25) is 0 Å². The molecule has 0 saturated carbocycles. The predicted molar refractivity (Wildman–Crippen MR) is 69.6 cm³/mol. The number of nitrogens with zero attached hydrogens (tertiary/aromatic N) is 3. The fourth-order valence-electron chi connectivity index (χ4n) is 2.07. The summed E-state index contributed by atoms with van der Waals surface area (Å²) in [6.45, 7) is 4.10. The zero-order valence-electron chi connectivity index (χ0n) is 10.8. The maximum atomic E-state index is 11.9. The van der Waals surface area contributed by atoms with E-state index >= 15 is 0 Å². The molecular formula is C13H16N4O2. The first-order valence-corrected chi connectivity index (χ1v) is 6.26. The highest BCUT2D eigenvalue weighted by atomic mass is 16.5. The van der Waals surface area contributed by atoms with Crippen molar-refractivity contribution in [3.63, 3.8) is 0 Å². The summed E-state index contributed by atoms with van der Waals surface area (Å²) < 4.78 is 5.08. The van der Waals surface area contributed by atoms with Gasteiger partial charge in [-0.2, -0.15) is 5.26 Å². The molecule has 1 saturated heterocycles. The number of aromatic nitrogens is 1. The first-order chi connectivity index (χ1) is 9.26. The van der Waals surface area contributed by atoms with Crippen molar-refractivity contribution in [1.29, 1.82) is 5.26 Å². The number of anilines is 1. The molecule has 6 heteroatoms. The fourth-order valence-corrected chi connectivity index (χ4v) is 2.07. The molecule has 1 aromatic heterocycles. The fraction of sp³-hybridized carbons (Fsp3) is 0.462. The van der Waals surface area contributed by atoms with Crippen LogP contribution in [-0.4, -0.2) is 43.2 Å². The number of nitrogens with one attached hydrogen (secondary N) is 1. The van der Waals surface area contributed by atoms with Crippen LogP contribution in [0.25, 0.3) is 0 Å². The lowest BCUT2D eigenvalue weighted by atomic mass is 10.1. The third-order valence-corrected chi connectivity index (χ3v) is 2.97. The smallest absolute Gasteiger partial charge is 0.330 e. The molecule has 1 unspecified atom stereocenters. The van der Waals surface area contributed by atoms with Crippen molar-refractivity contribution in [2.75, 3.05) is 31.1 Å². The highest BCUT2D eigenvalue weighted by Gasteiger charge is 2.30. The van der Waals surface area contributed by atoms with Gasteiger partial charge in [0, 0.05) is 25.8 Å². The molecule has 1 N–H and O–H groups in total. The topological polar surface area (TPSA) is 78.2 Å². The summed E-state index contributed by atoms with van der Waals surface area (Å²) in [6.07, 6.45) is 1.58. The Hall–Kier alpha value is -2.13. The van der Waals surface area contributed by atoms with E-state index < -0.39 is 6.04 Å². The molecule has 2 rings (SSSR count). The van der Waals surface area contributed by atoms with E-state index in [4.69, 9.17) is 10.00 Å². The van der Waals surface area contributed by atoms with Gasteiger partial charge in [0.05, 0.1) is 18.2 Å². The van der Waals surface area contributed by atoms with Gasteiger partial charge in [0.25, 0.3) is 0 Å². The van der Waals surface area contributed by atoms with E-state index in [9.17, 15) is 4.79 Å². The Bertz CT molecular complexity index is 498. The van der Waals surface area contributed by atoms with Gasteiger partial charge in [-0.1, -0.05) is 0 Å². The van der Waals surface area contributed by atoms with Gasteiger partial charge in [-0.25, -0.2) is 9.78 Å². The number of piperazine rings is 1. The second-order valence-electron chi connectivity index (χ2n) is 4.18. The normalized spacial score (nSPS) is 18.7. The summed E-state index contributed by atoms with van der Waals surface area (Å²) in [5.74, 6) is 0.373. The van der Waals surface area contributed by atoms with Crippen LogP contribution in [-0.2, 0) is 9.53 Å². The Labute approximate surface area is 112 Å². The summed E-state index contributed by atoms with van der Waals surface area (Å²) >= 11 is 0. The van der Waals surface area contributed by atoms with Crippen LogP contribution in [0.5, 0.6) is 0 Å². The predicted octanol–water partition coefficient (Wildman–Crippen LogP) is 0.295. The van der Waals surface area contributed by atoms with Crippen LogP contribution < -0.4 is 10.2 Å². The summed E-state index contributed by atoms with van der Waals surface area (Å²) in [6, 6.07) is 5.02. The summed E-state index contributed by atoms with van der Waals surface area (Å²) in [5, 5.41) is 12.1. The minimum Gasteiger partial charge on any atom is -0.464 e. The maximum absolute atomic E-state index is 11.9. The molecule has 0 amide bonds. The number of ether oxygens (including phenoxy) is 1. The van der Waals surface area contributed by atoms with Gasteiger partial charge >= 0.3 is 5.97 Å². The molecule has 0 spiro atoms. The number of carbonyl (C=O) groups excluding carboxylic acids is 1. The lowest BCUT2D eigenvalue weighted by Crippen LogP contribution is -2.56. The second-order valence-corrected chi connectivity index (χ2v) is 4.18. The summed E-state index contributed by atoms with van der Waals surface area (Å²) in [5.41, 5.74) is 0.533. The van der Waals surface area contributed by atoms with Crippen molar-refractivity contribution in [2.45, 2.75) is 13.0 Å². The van der Waals surface area contributed by atoms with Crippen molar-refractivity contribution in [3.8, 4) is 6.07 Å². The molecule has 1 aliphatic rings. The van der Waals surface area contributed by atoms with E-state index in [1.807, 2.05) is 4.90 Å². The highest BCUT2D eigenvalue weighted by Crippen LogP contribution is 2.17. The lowest BCUT2D eigenvalue weighted by Gasteiger charge is -2.35. The molecule has 100 valence electrons. The van der Waals surface area contributed by atoms with Crippen LogP contribution in [0.4, 0.5) is 5.82 Å². The monoisotopic (exact) mass is 260 g/mol. The van der Waals surface area contributed by atoms with E-state index in [1.165, 1.54) is 0 Å². The van der Waals surface area contributed by atoms with Gasteiger partial charge in [0.2, 0.25) is 0 Å². The molecule has 0 aliphatic carbocycles. The average molecular weight is 260 g/mol. The van der Waals surface area contributed by atoms with E-state index in [0.29, 0.717) is 31.1 Å². The molecular weight excluding hydrogens is 244 g/mol. The molecule has 2 heterocycles.